The topological polar surface area (TPSA) is 65.1 Å². The van der Waals surface area contributed by atoms with E-state index in [1.54, 1.807) is 24.1 Å². The van der Waals surface area contributed by atoms with Gasteiger partial charge in [-0.3, -0.25) is 14.5 Å². The quantitative estimate of drug-likeness (QED) is 0.722. The Labute approximate surface area is 171 Å². The van der Waals surface area contributed by atoms with Gasteiger partial charge in [-0.2, -0.15) is 0 Å². The molecule has 7 nitrogen and oxygen atoms in total. The average Bonchev–Trinajstić information content (AvgIpc) is 3.18. The van der Waals surface area contributed by atoms with Crippen LogP contribution < -0.4 is 5.32 Å². The third kappa shape index (κ3) is 5.52. The number of nitrogens with one attached hydrogen (secondary N) is 1. The van der Waals surface area contributed by atoms with Crippen LogP contribution in [0.1, 0.15) is 18.9 Å². The molecule has 0 bridgehead atoms. The van der Waals surface area contributed by atoms with Gasteiger partial charge in [-0.15, -0.1) is 0 Å². The first-order valence-corrected chi connectivity index (χ1v) is 10.2. The molecule has 0 aromatic heterocycles. The van der Waals surface area contributed by atoms with Gasteiger partial charge in [-0.25, -0.2) is 4.39 Å². The van der Waals surface area contributed by atoms with Crippen LogP contribution in [-0.4, -0.2) is 91.6 Å². The number of carbonyl (C=O) groups excluding carboxylic acids is 2. The lowest BCUT2D eigenvalue weighted by Crippen LogP contribution is -2.53. The number of methoxy groups -OCH3 is 1. The molecule has 2 aliphatic heterocycles. The van der Waals surface area contributed by atoms with Gasteiger partial charge in [0.2, 0.25) is 11.8 Å². The van der Waals surface area contributed by atoms with Crippen molar-refractivity contribution in [3.63, 3.8) is 0 Å². The standard InChI is InChI=1S/C21H31FN4O3/c1-16(27)26-15-19(13-20(26)21(28)24-9-7-23-8-10-24)25(11-12-29-2)14-17-3-5-18(22)6-4-17/h3-6,19-20,23H,7-15H2,1-2H3. The molecule has 2 heterocycles. The molecule has 1 aromatic carbocycles. The Morgan fingerprint density at radius 2 is 1.93 bits per heavy atom. The van der Waals surface area contributed by atoms with Gasteiger partial charge < -0.3 is 19.9 Å². The van der Waals surface area contributed by atoms with Crippen molar-refractivity contribution in [2.24, 2.45) is 0 Å². The van der Waals surface area contributed by atoms with Crippen LogP contribution in [0.3, 0.4) is 0 Å². The van der Waals surface area contributed by atoms with E-state index in [9.17, 15) is 14.0 Å². The Morgan fingerprint density at radius 3 is 2.55 bits per heavy atom. The zero-order valence-electron chi connectivity index (χ0n) is 17.3. The summed E-state index contributed by atoms with van der Waals surface area (Å²) in [5.74, 6) is -0.297. The molecule has 1 aromatic rings. The lowest BCUT2D eigenvalue weighted by molar-refractivity contribution is -0.143. The number of hydrogen-bond donors (Lipinski definition) is 1. The van der Waals surface area contributed by atoms with Crippen molar-refractivity contribution in [2.45, 2.75) is 32.0 Å². The number of piperazine rings is 1. The van der Waals surface area contributed by atoms with Crippen LogP contribution >= 0.6 is 0 Å². The van der Waals surface area contributed by atoms with Crippen LogP contribution in [-0.2, 0) is 20.9 Å². The minimum Gasteiger partial charge on any atom is -0.383 e. The number of rotatable bonds is 7. The molecular weight excluding hydrogens is 375 g/mol. The average molecular weight is 407 g/mol. The first kappa shape index (κ1) is 21.7. The Morgan fingerprint density at radius 1 is 1.24 bits per heavy atom. The summed E-state index contributed by atoms with van der Waals surface area (Å²) >= 11 is 0. The number of nitrogens with zero attached hydrogens (tertiary/aromatic N) is 3. The number of carbonyl (C=O) groups is 2. The van der Waals surface area contributed by atoms with Crippen molar-refractivity contribution in [3.05, 3.63) is 35.6 Å². The fourth-order valence-corrected chi connectivity index (χ4v) is 4.18. The summed E-state index contributed by atoms with van der Waals surface area (Å²) in [4.78, 5) is 31.2. The molecule has 8 heteroatoms. The summed E-state index contributed by atoms with van der Waals surface area (Å²) in [5, 5.41) is 3.25. The lowest BCUT2D eigenvalue weighted by Gasteiger charge is -2.32. The molecule has 2 unspecified atom stereocenters. The molecule has 0 saturated carbocycles. The fraction of sp³-hybridized carbons (Fsp3) is 0.619. The second-order valence-corrected chi connectivity index (χ2v) is 7.74. The van der Waals surface area contributed by atoms with Crippen LogP contribution in [0.4, 0.5) is 4.39 Å². The summed E-state index contributed by atoms with van der Waals surface area (Å²) in [5.41, 5.74) is 0.994. The highest BCUT2D eigenvalue weighted by molar-refractivity contribution is 5.87. The van der Waals surface area contributed by atoms with E-state index in [1.807, 2.05) is 4.90 Å². The maximum Gasteiger partial charge on any atom is 0.245 e. The normalized spacial score (nSPS) is 22.3. The fourth-order valence-electron chi connectivity index (χ4n) is 4.18. The van der Waals surface area contributed by atoms with E-state index in [2.05, 4.69) is 10.2 Å². The molecule has 0 spiro atoms. The van der Waals surface area contributed by atoms with Crippen molar-refractivity contribution in [3.8, 4) is 0 Å². The Balaban J connectivity index is 1.74. The van der Waals surface area contributed by atoms with Gasteiger partial charge in [-0.05, 0) is 24.1 Å². The van der Waals surface area contributed by atoms with E-state index < -0.39 is 6.04 Å². The molecule has 2 atom stereocenters. The molecule has 2 amide bonds. The Bertz CT molecular complexity index is 694. The number of ether oxygens (including phenoxy) is 1. The zero-order chi connectivity index (χ0) is 20.8. The molecule has 160 valence electrons. The molecule has 0 aliphatic carbocycles. The minimum absolute atomic E-state index is 0.0395. The van der Waals surface area contributed by atoms with E-state index >= 15 is 0 Å². The summed E-state index contributed by atoms with van der Waals surface area (Å²) in [6.45, 7) is 6.81. The second kappa shape index (κ2) is 10.1. The van der Waals surface area contributed by atoms with Crippen LogP contribution in [0.25, 0.3) is 0 Å². The first-order chi connectivity index (χ1) is 14.0. The van der Waals surface area contributed by atoms with Crippen molar-refractivity contribution in [1.29, 1.82) is 0 Å². The van der Waals surface area contributed by atoms with Gasteiger partial charge in [0, 0.05) is 65.9 Å². The van der Waals surface area contributed by atoms with Gasteiger partial charge in [0.25, 0.3) is 0 Å². The molecule has 1 N–H and O–H groups in total. The van der Waals surface area contributed by atoms with Crippen LogP contribution in [0.15, 0.2) is 24.3 Å². The number of hydrogen-bond acceptors (Lipinski definition) is 5. The van der Waals surface area contributed by atoms with Crippen LogP contribution in [0.2, 0.25) is 0 Å². The smallest absolute Gasteiger partial charge is 0.245 e. The minimum atomic E-state index is -0.422. The van der Waals surface area contributed by atoms with Crippen molar-refractivity contribution in [2.75, 3.05) is 53.0 Å². The zero-order valence-corrected chi connectivity index (χ0v) is 17.3. The summed E-state index contributed by atoms with van der Waals surface area (Å²) in [6, 6.07) is 6.09. The highest BCUT2D eigenvalue weighted by Crippen LogP contribution is 2.26. The summed E-state index contributed by atoms with van der Waals surface area (Å²) < 4.78 is 18.5. The van der Waals surface area contributed by atoms with Crippen LogP contribution in [0.5, 0.6) is 0 Å². The third-order valence-electron chi connectivity index (χ3n) is 5.80. The molecule has 2 aliphatic rings. The summed E-state index contributed by atoms with van der Waals surface area (Å²) in [6.07, 6.45) is 0.604. The highest BCUT2D eigenvalue weighted by Gasteiger charge is 2.42. The molecule has 29 heavy (non-hydrogen) atoms. The van der Waals surface area contributed by atoms with E-state index in [0.29, 0.717) is 45.8 Å². The van der Waals surface area contributed by atoms with Crippen molar-refractivity contribution >= 4 is 11.8 Å². The van der Waals surface area contributed by atoms with E-state index in [1.165, 1.54) is 19.1 Å². The largest absolute Gasteiger partial charge is 0.383 e. The van der Waals surface area contributed by atoms with Gasteiger partial charge in [0.1, 0.15) is 11.9 Å². The Kier molecular flexibility index (Phi) is 7.57. The molecule has 2 saturated heterocycles. The molecule has 2 fully saturated rings. The van der Waals surface area contributed by atoms with Crippen molar-refractivity contribution in [1.82, 2.24) is 20.0 Å². The second-order valence-electron chi connectivity index (χ2n) is 7.74. The molecule has 0 radical (unpaired) electrons. The van der Waals surface area contributed by atoms with E-state index in [4.69, 9.17) is 4.74 Å². The Hall–Kier alpha value is -2.03. The van der Waals surface area contributed by atoms with Crippen molar-refractivity contribution < 1.29 is 18.7 Å². The maximum atomic E-state index is 13.3. The number of amides is 2. The molecular formula is C21H31FN4O3. The third-order valence-corrected chi connectivity index (χ3v) is 5.80. The van der Waals surface area contributed by atoms with Gasteiger partial charge in [-0.1, -0.05) is 12.1 Å². The van der Waals surface area contributed by atoms with E-state index in [-0.39, 0.29) is 23.7 Å². The predicted molar refractivity (Wildman–Crippen MR) is 108 cm³/mol. The van der Waals surface area contributed by atoms with Gasteiger partial charge in [0.05, 0.1) is 6.61 Å². The predicted octanol–water partition coefficient (Wildman–Crippen LogP) is 0.695. The van der Waals surface area contributed by atoms with Gasteiger partial charge >= 0.3 is 0 Å². The molecule has 3 rings (SSSR count). The number of likely N-dealkylation sites (tertiary alicyclic amines) is 1. The number of halogens is 1. The monoisotopic (exact) mass is 406 g/mol. The van der Waals surface area contributed by atoms with Gasteiger partial charge in [0.15, 0.2) is 0 Å². The van der Waals surface area contributed by atoms with Crippen LogP contribution in [0, 0.1) is 5.82 Å². The summed E-state index contributed by atoms with van der Waals surface area (Å²) in [7, 11) is 1.66. The lowest BCUT2D eigenvalue weighted by atomic mass is 10.1. The first-order valence-electron chi connectivity index (χ1n) is 10.2. The SMILES string of the molecule is COCCN(Cc1ccc(F)cc1)C1CC(C(=O)N2CCNCC2)N(C(C)=O)C1. The highest BCUT2D eigenvalue weighted by atomic mass is 19.1. The maximum absolute atomic E-state index is 13.3. The van der Waals surface area contributed by atoms with E-state index in [0.717, 1.165) is 18.7 Å². The number of benzene rings is 1.